The molecule has 1 aromatic heterocycles. The van der Waals surface area contributed by atoms with E-state index in [-0.39, 0.29) is 6.71 Å². The molecular formula is C30H20BNO2. The standard InChI is InChI=1S/C30H20BNO2/c1-19-13-23(18-32-17-19)22-15-28-30-29(16-22)34-27-12-11-21(20-7-3-2-4-8-20)14-25(27)31(30)24-9-5-6-10-26(24)33-28/h2-18H,1H3. The van der Waals surface area contributed by atoms with Crippen LogP contribution in [0.4, 0.5) is 0 Å². The molecule has 160 valence electrons. The van der Waals surface area contributed by atoms with Crippen molar-refractivity contribution >= 4 is 23.1 Å². The van der Waals surface area contributed by atoms with E-state index in [1.165, 1.54) is 11.1 Å². The Labute approximate surface area is 198 Å². The van der Waals surface area contributed by atoms with Crippen molar-refractivity contribution in [1.82, 2.24) is 4.98 Å². The molecule has 0 saturated heterocycles. The summed E-state index contributed by atoms with van der Waals surface area (Å²) in [6.07, 6.45) is 3.75. The number of nitrogens with zero attached hydrogens (tertiary/aromatic N) is 1. The molecule has 0 spiro atoms. The van der Waals surface area contributed by atoms with Gasteiger partial charge in [0.2, 0.25) is 0 Å². The minimum absolute atomic E-state index is 0.0482. The van der Waals surface area contributed by atoms with Crippen LogP contribution in [0.1, 0.15) is 5.56 Å². The van der Waals surface area contributed by atoms with Gasteiger partial charge >= 0.3 is 0 Å². The molecule has 0 saturated carbocycles. The largest absolute Gasteiger partial charge is 0.458 e. The lowest BCUT2D eigenvalue weighted by molar-refractivity contribution is 0.465. The first-order valence-electron chi connectivity index (χ1n) is 11.5. The number of rotatable bonds is 2. The number of hydrogen-bond acceptors (Lipinski definition) is 3. The first kappa shape index (κ1) is 19.2. The summed E-state index contributed by atoms with van der Waals surface area (Å²) in [7, 11) is 0. The predicted molar refractivity (Wildman–Crippen MR) is 138 cm³/mol. The smallest absolute Gasteiger partial charge is 0.260 e. The molecule has 2 aliphatic rings. The molecule has 0 atom stereocenters. The predicted octanol–water partition coefficient (Wildman–Crippen LogP) is 5.45. The summed E-state index contributed by atoms with van der Waals surface area (Å²) in [5.74, 6) is 3.46. The van der Waals surface area contributed by atoms with Crippen LogP contribution in [0.25, 0.3) is 22.3 Å². The van der Waals surface area contributed by atoms with Crippen LogP contribution in [0.3, 0.4) is 0 Å². The van der Waals surface area contributed by atoms with E-state index in [4.69, 9.17) is 9.47 Å². The Morgan fingerprint density at radius 2 is 1.29 bits per heavy atom. The number of para-hydroxylation sites is 1. The fourth-order valence-electron chi connectivity index (χ4n) is 5.14. The van der Waals surface area contributed by atoms with Crippen LogP contribution in [0.15, 0.2) is 103 Å². The quantitative estimate of drug-likeness (QED) is 0.337. The lowest BCUT2D eigenvalue weighted by Crippen LogP contribution is -2.57. The van der Waals surface area contributed by atoms with Gasteiger partial charge in [-0.3, -0.25) is 4.98 Å². The number of aryl methyl sites for hydroxylation is 1. The monoisotopic (exact) mass is 437 g/mol. The van der Waals surface area contributed by atoms with E-state index in [1.54, 1.807) is 0 Å². The Kier molecular flexibility index (Phi) is 4.15. The van der Waals surface area contributed by atoms with Crippen LogP contribution in [-0.4, -0.2) is 11.7 Å². The molecule has 5 aromatic rings. The van der Waals surface area contributed by atoms with Gasteiger partial charge in [0, 0.05) is 23.4 Å². The molecule has 3 heterocycles. The first-order valence-corrected chi connectivity index (χ1v) is 11.5. The van der Waals surface area contributed by atoms with Gasteiger partial charge in [0.25, 0.3) is 6.71 Å². The lowest BCUT2D eigenvalue weighted by atomic mass is 9.34. The van der Waals surface area contributed by atoms with E-state index in [9.17, 15) is 0 Å². The zero-order valence-electron chi connectivity index (χ0n) is 18.7. The zero-order valence-corrected chi connectivity index (χ0v) is 18.7. The summed E-state index contributed by atoms with van der Waals surface area (Å²) < 4.78 is 13.0. The average Bonchev–Trinajstić information content (AvgIpc) is 2.88. The van der Waals surface area contributed by atoms with Crippen molar-refractivity contribution in [2.75, 3.05) is 0 Å². The summed E-state index contributed by atoms with van der Waals surface area (Å²) in [6, 6.07) is 31.7. The third-order valence-electron chi connectivity index (χ3n) is 6.70. The Morgan fingerprint density at radius 3 is 2.09 bits per heavy atom. The summed E-state index contributed by atoms with van der Waals surface area (Å²) in [4.78, 5) is 4.39. The van der Waals surface area contributed by atoms with Gasteiger partial charge in [-0.15, -0.1) is 0 Å². The number of hydrogen-bond donors (Lipinski definition) is 0. The molecule has 0 N–H and O–H groups in total. The van der Waals surface area contributed by atoms with Crippen LogP contribution < -0.4 is 25.9 Å². The molecule has 0 fully saturated rings. The van der Waals surface area contributed by atoms with Gasteiger partial charge in [-0.1, -0.05) is 60.7 Å². The van der Waals surface area contributed by atoms with Gasteiger partial charge in [0.1, 0.15) is 23.0 Å². The van der Waals surface area contributed by atoms with Crippen molar-refractivity contribution in [1.29, 1.82) is 0 Å². The van der Waals surface area contributed by atoms with E-state index in [0.717, 1.165) is 56.1 Å². The number of ether oxygens (including phenoxy) is 2. The highest BCUT2D eigenvalue weighted by Gasteiger charge is 2.40. The molecule has 4 aromatic carbocycles. The topological polar surface area (TPSA) is 31.4 Å². The van der Waals surface area contributed by atoms with Crippen LogP contribution >= 0.6 is 0 Å². The maximum absolute atomic E-state index is 6.52. The van der Waals surface area contributed by atoms with Gasteiger partial charge in [0.05, 0.1) is 0 Å². The highest BCUT2D eigenvalue weighted by molar-refractivity contribution is 6.98. The van der Waals surface area contributed by atoms with Gasteiger partial charge in [0.15, 0.2) is 0 Å². The molecule has 3 nitrogen and oxygen atoms in total. The second-order valence-electron chi connectivity index (χ2n) is 8.93. The van der Waals surface area contributed by atoms with E-state index in [0.29, 0.717) is 0 Å². The molecule has 0 amide bonds. The average molecular weight is 437 g/mol. The van der Waals surface area contributed by atoms with Crippen molar-refractivity contribution in [3.63, 3.8) is 0 Å². The summed E-state index contributed by atoms with van der Waals surface area (Å²) in [5.41, 5.74) is 8.98. The second kappa shape index (κ2) is 7.36. The molecule has 7 rings (SSSR count). The maximum atomic E-state index is 6.52. The van der Waals surface area contributed by atoms with Crippen LogP contribution in [0.2, 0.25) is 0 Å². The van der Waals surface area contributed by atoms with Crippen molar-refractivity contribution in [3.05, 3.63) is 109 Å². The minimum Gasteiger partial charge on any atom is -0.458 e. The van der Waals surface area contributed by atoms with Crippen molar-refractivity contribution < 1.29 is 9.47 Å². The highest BCUT2D eigenvalue weighted by Crippen LogP contribution is 2.38. The van der Waals surface area contributed by atoms with E-state index in [2.05, 4.69) is 90.8 Å². The molecule has 0 aliphatic carbocycles. The van der Waals surface area contributed by atoms with Crippen LogP contribution in [0, 0.1) is 6.92 Å². The second-order valence-corrected chi connectivity index (χ2v) is 8.93. The number of pyridine rings is 1. The van der Waals surface area contributed by atoms with Gasteiger partial charge in [-0.2, -0.15) is 0 Å². The SMILES string of the molecule is Cc1cncc(-c2cc3c4c(c2)Oc2ccc(-c5ccccc5)cc2B4c2ccccc2O3)c1. The van der Waals surface area contributed by atoms with Crippen LogP contribution in [-0.2, 0) is 0 Å². The molecule has 0 unspecified atom stereocenters. The summed E-state index contributed by atoms with van der Waals surface area (Å²) >= 11 is 0. The van der Waals surface area contributed by atoms with Crippen molar-refractivity contribution in [3.8, 4) is 45.3 Å². The van der Waals surface area contributed by atoms with E-state index < -0.39 is 0 Å². The fourth-order valence-corrected chi connectivity index (χ4v) is 5.14. The fraction of sp³-hybridized carbons (Fsp3) is 0.0333. The molecule has 0 bridgehead atoms. The molecule has 34 heavy (non-hydrogen) atoms. The van der Waals surface area contributed by atoms with Crippen molar-refractivity contribution in [2.24, 2.45) is 0 Å². The Bertz CT molecular complexity index is 1560. The van der Waals surface area contributed by atoms with E-state index >= 15 is 0 Å². The first-order chi connectivity index (χ1) is 16.7. The summed E-state index contributed by atoms with van der Waals surface area (Å²) in [6.45, 7) is 2.10. The summed E-state index contributed by atoms with van der Waals surface area (Å²) in [5, 5.41) is 0. The molecule has 2 aliphatic heterocycles. The number of fused-ring (bicyclic) bond motifs is 4. The van der Waals surface area contributed by atoms with Crippen LogP contribution in [0.5, 0.6) is 23.0 Å². The Morgan fingerprint density at radius 1 is 0.559 bits per heavy atom. The van der Waals surface area contributed by atoms with Crippen molar-refractivity contribution in [2.45, 2.75) is 6.92 Å². The Balaban J connectivity index is 1.45. The number of aromatic nitrogens is 1. The van der Waals surface area contributed by atoms with Gasteiger partial charge in [-0.25, -0.2) is 0 Å². The minimum atomic E-state index is 0.0482. The maximum Gasteiger partial charge on any atom is 0.260 e. The normalized spacial score (nSPS) is 12.7. The molecule has 0 radical (unpaired) electrons. The third-order valence-corrected chi connectivity index (χ3v) is 6.70. The van der Waals surface area contributed by atoms with Gasteiger partial charge in [-0.05, 0) is 70.4 Å². The Hall–Kier alpha value is -4.31. The van der Waals surface area contributed by atoms with Gasteiger partial charge < -0.3 is 9.47 Å². The zero-order chi connectivity index (χ0) is 22.6. The van der Waals surface area contributed by atoms with E-state index in [1.807, 2.05) is 24.5 Å². The molecule has 4 heteroatoms. The third kappa shape index (κ3) is 2.96. The highest BCUT2D eigenvalue weighted by atomic mass is 16.5. The molecular weight excluding hydrogens is 417 g/mol. The number of benzene rings is 4. The lowest BCUT2D eigenvalue weighted by Gasteiger charge is -2.33.